The van der Waals surface area contributed by atoms with Gasteiger partial charge in [0.2, 0.25) is 5.91 Å². The maximum atomic E-state index is 13.6. The Morgan fingerprint density at radius 3 is 2.85 bits per heavy atom. The van der Waals surface area contributed by atoms with E-state index in [0.29, 0.717) is 24.5 Å². The summed E-state index contributed by atoms with van der Waals surface area (Å²) in [6.45, 7) is 3.16. The van der Waals surface area contributed by atoms with Gasteiger partial charge in [-0.1, -0.05) is 0 Å². The van der Waals surface area contributed by atoms with Crippen molar-refractivity contribution in [3.8, 4) is 5.75 Å². The normalized spacial score (nSPS) is 21.9. The number of anilines is 2. The van der Waals surface area contributed by atoms with E-state index in [-0.39, 0.29) is 11.7 Å². The van der Waals surface area contributed by atoms with Gasteiger partial charge in [0.05, 0.1) is 23.9 Å². The molecule has 5 nitrogen and oxygen atoms in total. The lowest BCUT2D eigenvalue weighted by molar-refractivity contribution is -0.128. The quantitative estimate of drug-likeness (QED) is 0.821. The molecule has 110 valence electrons. The third-order valence-corrected chi connectivity index (χ3v) is 3.89. The minimum absolute atomic E-state index is 0.00708. The molecule has 0 bridgehead atoms. The van der Waals surface area contributed by atoms with Gasteiger partial charge >= 0.3 is 0 Å². The van der Waals surface area contributed by atoms with Crippen molar-refractivity contribution in [1.29, 1.82) is 0 Å². The summed E-state index contributed by atoms with van der Waals surface area (Å²) >= 11 is 0. The number of ether oxygens (including phenoxy) is 1. The first-order chi connectivity index (χ1) is 9.41. The highest BCUT2D eigenvalue weighted by Crippen LogP contribution is 2.38. The molecule has 2 rings (SSSR count). The number of carbonyl (C=O) groups excluding carboxylic acids is 1. The molecule has 1 atom stereocenters. The minimum Gasteiger partial charge on any atom is -0.494 e. The third kappa shape index (κ3) is 2.37. The Bertz CT molecular complexity index is 535. The first kappa shape index (κ1) is 14.4. The molecule has 1 unspecified atom stereocenters. The van der Waals surface area contributed by atoms with Gasteiger partial charge in [0.15, 0.2) is 11.6 Å². The fourth-order valence-corrected chi connectivity index (χ4v) is 2.64. The average molecular weight is 281 g/mol. The molecule has 0 radical (unpaired) electrons. The lowest BCUT2D eigenvalue weighted by Gasteiger charge is -2.25. The van der Waals surface area contributed by atoms with Gasteiger partial charge in [-0.15, -0.1) is 0 Å². The number of benzene rings is 1. The molecule has 1 aliphatic rings. The van der Waals surface area contributed by atoms with E-state index in [2.05, 4.69) is 5.32 Å². The summed E-state index contributed by atoms with van der Waals surface area (Å²) in [5.41, 5.74) is 6.48. The fourth-order valence-electron chi connectivity index (χ4n) is 2.64. The van der Waals surface area contributed by atoms with Gasteiger partial charge in [-0.3, -0.25) is 4.79 Å². The highest BCUT2D eigenvalue weighted by Gasteiger charge is 2.40. The molecule has 3 N–H and O–H groups in total. The summed E-state index contributed by atoms with van der Waals surface area (Å²) in [5.74, 6) is -0.322. The van der Waals surface area contributed by atoms with E-state index in [4.69, 9.17) is 10.5 Å². The zero-order valence-electron chi connectivity index (χ0n) is 12.0. The molecule has 1 fully saturated rings. The molecular formula is C14H20FN3O2. The zero-order valence-corrected chi connectivity index (χ0v) is 12.0. The number of hydrogen-bond donors (Lipinski definition) is 2. The van der Waals surface area contributed by atoms with Crippen molar-refractivity contribution < 1.29 is 13.9 Å². The van der Waals surface area contributed by atoms with Crippen LogP contribution in [0.15, 0.2) is 12.1 Å². The molecule has 6 heteroatoms. The number of carbonyl (C=O) groups is 1. The van der Waals surface area contributed by atoms with Crippen molar-refractivity contribution >= 4 is 17.3 Å². The Morgan fingerprint density at radius 1 is 1.55 bits per heavy atom. The van der Waals surface area contributed by atoms with Crippen LogP contribution in [0.2, 0.25) is 0 Å². The Balaban J connectivity index is 2.28. The molecule has 1 saturated heterocycles. The van der Waals surface area contributed by atoms with Crippen LogP contribution in [0.3, 0.4) is 0 Å². The average Bonchev–Trinajstić information content (AvgIpc) is 2.81. The second-order valence-electron chi connectivity index (χ2n) is 5.36. The Hall–Kier alpha value is -1.98. The summed E-state index contributed by atoms with van der Waals surface area (Å²) in [4.78, 5) is 13.9. The first-order valence-electron chi connectivity index (χ1n) is 6.51. The highest BCUT2D eigenvalue weighted by molar-refractivity contribution is 5.84. The van der Waals surface area contributed by atoms with Gasteiger partial charge < -0.3 is 20.7 Å². The predicted octanol–water partition coefficient (Wildman–Crippen LogP) is 1.38. The number of nitrogen functional groups attached to an aromatic ring is 1. The lowest BCUT2D eigenvalue weighted by atomic mass is 9.89. The van der Waals surface area contributed by atoms with Gasteiger partial charge in [-0.25, -0.2) is 4.39 Å². The van der Waals surface area contributed by atoms with Crippen LogP contribution in [0.4, 0.5) is 15.8 Å². The van der Waals surface area contributed by atoms with E-state index in [1.165, 1.54) is 13.2 Å². The Kier molecular flexibility index (Phi) is 3.74. The lowest BCUT2D eigenvalue weighted by Crippen LogP contribution is -2.39. The van der Waals surface area contributed by atoms with Crippen LogP contribution in [-0.2, 0) is 4.79 Å². The maximum Gasteiger partial charge on any atom is 0.227 e. The van der Waals surface area contributed by atoms with Crippen LogP contribution in [0, 0.1) is 11.2 Å². The van der Waals surface area contributed by atoms with Crippen LogP contribution in [0.5, 0.6) is 5.75 Å². The summed E-state index contributed by atoms with van der Waals surface area (Å²) in [5, 5.41) is 2.68. The van der Waals surface area contributed by atoms with E-state index in [1.807, 2.05) is 11.8 Å². The molecule has 1 aliphatic heterocycles. The molecule has 1 aromatic rings. The smallest absolute Gasteiger partial charge is 0.227 e. The number of nitrogens with one attached hydrogen (secondary N) is 1. The molecule has 1 aromatic carbocycles. The maximum absolute atomic E-state index is 13.6. The largest absolute Gasteiger partial charge is 0.494 e. The van der Waals surface area contributed by atoms with Crippen molar-refractivity contribution in [3.05, 3.63) is 17.9 Å². The molecule has 0 saturated carbocycles. The van der Waals surface area contributed by atoms with Crippen molar-refractivity contribution in [1.82, 2.24) is 5.32 Å². The second kappa shape index (κ2) is 5.19. The van der Waals surface area contributed by atoms with E-state index >= 15 is 0 Å². The summed E-state index contributed by atoms with van der Waals surface area (Å²) in [6.07, 6.45) is 0.728. The number of nitrogens with zero attached hydrogens (tertiary/aromatic N) is 1. The number of halogens is 1. The van der Waals surface area contributed by atoms with Gasteiger partial charge in [-0.2, -0.15) is 0 Å². The first-order valence-corrected chi connectivity index (χ1v) is 6.51. The van der Waals surface area contributed by atoms with Gasteiger partial charge in [0.1, 0.15) is 0 Å². The number of nitrogens with two attached hydrogens (primary N) is 1. The van der Waals surface area contributed by atoms with Crippen molar-refractivity contribution in [2.75, 3.05) is 37.9 Å². The zero-order chi connectivity index (χ0) is 14.9. The summed E-state index contributed by atoms with van der Waals surface area (Å²) in [6, 6.07) is 2.84. The molecular weight excluding hydrogens is 261 g/mol. The van der Waals surface area contributed by atoms with Crippen LogP contribution >= 0.6 is 0 Å². The number of methoxy groups -OCH3 is 1. The summed E-state index contributed by atoms with van der Waals surface area (Å²) in [7, 11) is 3.04. The monoisotopic (exact) mass is 281 g/mol. The molecule has 0 aliphatic carbocycles. The Morgan fingerprint density at radius 2 is 2.25 bits per heavy atom. The molecule has 0 aromatic heterocycles. The van der Waals surface area contributed by atoms with Crippen LogP contribution in [-0.4, -0.2) is 33.2 Å². The van der Waals surface area contributed by atoms with Gasteiger partial charge in [0, 0.05) is 32.3 Å². The van der Waals surface area contributed by atoms with E-state index < -0.39 is 11.2 Å². The topological polar surface area (TPSA) is 67.6 Å². The van der Waals surface area contributed by atoms with Crippen molar-refractivity contribution in [2.45, 2.75) is 13.3 Å². The van der Waals surface area contributed by atoms with Crippen LogP contribution < -0.4 is 20.7 Å². The number of rotatable bonds is 3. The van der Waals surface area contributed by atoms with Crippen molar-refractivity contribution in [3.63, 3.8) is 0 Å². The number of amides is 1. The van der Waals surface area contributed by atoms with Crippen molar-refractivity contribution in [2.24, 2.45) is 5.41 Å². The summed E-state index contributed by atoms with van der Waals surface area (Å²) < 4.78 is 18.5. The second-order valence-corrected chi connectivity index (χ2v) is 5.36. The standard InChI is InChI=1S/C14H20FN3O2/c1-14(13(19)17-2)4-5-18(8-14)11-7-12(20-3)9(15)6-10(11)16/h6-7H,4-5,8,16H2,1-3H3,(H,17,19). The third-order valence-electron chi connectivity index (χ3n) is 3.89. The highest BCUT2D eigenvalue weighted by atomic mass is 19.1. The van der Waals surface area contributed by atoms with Gasteiger partial charge in [0.25, 0.3) is 0 Å². The van der Waals surface area contributed by atoms with E-state index in [9.17, 15) is 9.18 Å². The van der Waals surface area contributed by atoms with Gasteiger partial charge in [-0.05, 0) is 13.3 Å². The SMILES string of the molecule is CNC(=O)C1(C)CCN(c2cc(OC)c(F)cc2N)C1. The predicted molar refractivity (Wildman–Crippen MR) is 76.4 cm³/mol. The fraction of sp³-hybridized carbons (Fsp3) is 0.500. The minimum atomic E-state index is -0.484. The molecule has 0 spiro atoms. The molecule has 1 amide bonds. The van der Waals surface area contributed by atoms with E-state index in [0.717, 1.165) is 6.42 Å². The van der Waals surface area contributed by atoms with Crippen LogP contribution in [0.25, 0.3) is 0 Å². The van der Waals surface area contributed by atoms with Crippen LogP contribution in [0.1, 0.15) is 13.3 Å². The van der Waals surface area contributed by atoms with E-state index in [1.54, 1.807) is 13.1 Å². The Labute approximate surface area is 117 Å². The molecule has 1 heterocycles. The molecule has 20 heavy (non-hydrogen) atoms. The number of hydrogen-bond acceptors (Lipinski definition) is 4.